The predicted octanol–water partition coefficient (Wildman–Crippen LogP) is 3.68. The lowest BCUT2D eigenvalue weighted by molar-refractivity contribution is -0.173. The molecule has 0 spiro atoms. The number of hydrogen-bond donors (Lipinski definition) is 3. The van der Waals surface area contributed by atoms with Crippen LogP contribution in [0.2, 0.25) is 0 Å². The van der Waals surface area contributed by atoms with Gasteiger partial charge >= 0.3 is 13.8 Å². The van der Waals surface area contributed by atoms with Crippen LogP contribution >= 0.6 is 7.82 Å². The number of phosphoric ester groups is 1. The number of halogens is 2. The third kappa shape index (κ3) is 5.92. The van der Waals surface area contributed by atoms with Gasteiger partial charge in [-0.25, -0.2) is 18.1 Å². The van der Waals surface area contributed by atoms with Crippen molar-refractivity contribution in [1.82, 2.24) is 4.90 Å². The van der Waals surface area contributed by atoms with Gasteiger partial charge < -0.3 is 19.4 Å². The van der Waals surface area contributed by atoms with Gasteiger partial charge in [0.25, 0.3) is 0 Å². The van der Waals surface area contributed by atoms with Crippen molar-refractivity contribution in [2.75, 3.05) is 19.7 Å². The van der Waals surface area contributed by atoms with Crippen molar-refractivity contribution in [3.05, 3.63) is 35.9 Å². The van der Waals surface area contributed by atoms with E-state index in [2.05, 4.69) is 0 Å². The summed E-state index contributed by atoms with van der Waals surface area (Å²) in [6.07, 6.45) is 2.09. The SMILES string of the molecule is N=CN1CCC(CCOC(=O)[C@](OP(=O)(O)O)(c2ccccc2)[C@@H]2CCC(F)(F)C2)CC1. The fourth-order valence-electron chi connectivity index (χ4n) is 4.65. The van der Waals surface area contributed by atoms with Gasteiger partial charge in [-0.3, -0.25) is 9.93 Å². The maximum atomic E-state index is 14.1. The normalized spacial score (nSPS) is 23.5. The minimum absolute atomic E-state index is 0.0176. The molecule has 8 nitrogen and oxygen atoms in total. The molecule has 0 amide bonds. The molecule has 3 N–H and O–H groups in total. The molecule has 11 heteroatoms. The fraction of sp³-hybridized carbons (Fsp3) is 0.619. The second-order valence-corrected chi connectivity index (χ2v) is 9.68. The molecule has 2 fully saturated rings. The van der Waals surface area contributed by atoms with Gasteiger partial charge in [0, 0.05) is 31.8 Å². The Hall–Kier alpha value is -1.87. The van der Waals surface area contributed by atoms with Crippen molar-refractivity contribution < 1.29 is 37.2 Å². The van der Waals surface area contributed by atoms with Crippen LogP contribution in [0.15, 0.2) is 30.3 Å². The standard InChI is InChI=1S/C21H29F2N2O6P/c22-20(23)10-6-18(14-20)21(31-32(27,28)29,17-4-2-1-3-5-17)19(26)30-13-9-16-7-11-25(15-24)12-8-16/h1-5,15-16,18,24H,6-14H2,(H2,27,28,29)/t18-,21+/m1/s1. The number of carbonyl (C=O) groups is 1. The van der Waals surface area contributed by atoms with Gasteiger partial charge in [0.15, 0.2) is 0 Å². The number of nitrogens with zero attached hydrogens (tertiary/aromatic N) is 1. The molecule has 32 heavy (non-hydrogen) atoms. The molecule has 3 rings (SSSR count). The Bertz CT molecular complexity index is 844. The summed E-state index contributed by atoms with van der Waals surface area (Å²) < 4.78 is 50.5. The first-order valence-corrected chi connectivity index (χ1v) is 12.2. The van der Waals surface area contributed by atoms with Crippen LogP contribution in [0.1, 0.15) is 44.1 Å². The molecule has 1 aliphatic carbocycles. The third-order valence-corrected chi connectivity index (χ3v) is 6.86. The highest BCUT2D eigenvalue weighted by Gasteiger charge is 2.59. The largest absolute Gasteiger partial charge is 0.471 e. The maximum absolute atomic E-state index is 14.1. The summed E-state index contributed by atoms with van der Waals surface area (Å²) in [5.74, 6) is -5.02. The van der Waals surface area contributed by atoms with Crippen LogP contribution in [0.4, 0.5) is 8.78 Å². The van der Waals surface area contributed by atoms with Crippen molar-refractivity contribution in [3.63, 3.8) is 0 Å². The first-order chi connectivity index (χ1) is 15.1. The highest BCUT2D eigenvalue weighted by molar-refractivity contribution is 7.46. The number of benzene rings is 1. The monoisotopic (exact) mass is 474 g/mol. The van der Waals surface area contributed by atoms with E-state index >= 15 is 0 Å². The van der Waals surface area contributed by atoms with Crippen LogP contribution in [0, 0.1) is 17.2 Å². The summed E-state index contributed by atoms with van der Waals surface area (Å²) in [5.41, 5.74) is -2.25. The quantitative estimate of drug-likeness (QED) is 0.216. The average Bonchev–Trinajstić information content (AvgIpc) is 3.12. The van der Waals surface area contributed by atoms with Gasteiger partial charge in [0.1, 0.15) is 0 Å². The predicted molar refractivity (Wildman–Crippen MR) is 112 cm³/mol. The summed E-state index contributed by atoms with van der Waals surface area (Å²) >= 11 is 0. The van der Waals surface area contributed by atoms with E-state index < -0.39 is 44.1 Å². The van der Waals surface area contributed by atoms with E-state index in [0.717, 1.165) is 25.9 Å². The summed E-state index contributed by atoms with van der Waals surface area (Å²) in [4.78, 5) is 34.4. The topological polar surface area (TPSA) is 120 Å². The van der Waals surface area contributed by atoms with Crippen LogP contribution < -0.4 is 0 Å². The van der Waals surface area contributed by atoms with E-state index in [4.69, 9.17) is 14.7 Å². The number of ether oxygens (including phenoxy) is 1. The highest BCUT2D eigenvalue weighted by atomic mass is 31.2. The van der Waals surface area contributed by atoms with Crippen LogP contribution in [0.5, 0.6) is 0 Å². The number of hydrogen-bond acceptors (Lipinski definition) is 5. The summed E-state index contributed by atoms with van der Waals surface area (Å²) in [5, 5.41) is 7.29. The van der Waals surface area contributed by atoms with Crippen molar-refractivity contribution in [2.24, 2.45) is 11.8 Å². The Balaban J connectivity index is 1.81. The number of nitrogens with one attached hydrogen (secondary N) is 1. The number of likely N-dealkylation sites (tertiary alicyclic amines) is 1. The third-order valence-electron chi connectivity index (χ3n) is 6.34. The lowest BCUT2D eigenvalue weighted by Crippen LogP contribution is -2.46. The lowest BCUT2D eigenvalue weighted by atomic mass is 9.80. The van der Waals surface area contributed by atoms with E-state index in [0.29, 0.717) is 6.42 Å². The fourth-order valence-corrected chi connectivity index (χ4v) is 5.36. The van der Waals surface area contributed by atoms with Gasteiger partial charge in [-0.15, -0.1) is 0 Å². The number of phosphoric acid groups is 1. The molecule has 0 aromatic heterocycles. The van der Waals surface area contributed by atoms with E-state index in [9.17, 15) is 27.9 Å². The van der Waals surface area contributed by atoms with Crippen LogP contribution in [0.3, 0.4) is 0 Å². The molecular weight excluding hydrogens is 445 g/mol. The molecule has 1 aliphatic heterocycles. The number of carbonyl (C=O) groups excluding carboxylic acids is 1. The molecule has 0 bridgehead atoms. The summed E-state index contributed by atoms with van der Waals surface area (Å²) in [7, 11) is -5.24. The van der Waals surface area contributed by atoms with Crippen molar-refractivity contribution in [1.29, 1.82) is 5.41 Å². The number of rotatable bonds is 9. The highest BCUT2D eigenvalue weighted by Crippen LogP contribution is 2.55. The number of piperidine rings is 1. The molecule has 2 atom stereocenters. The first-order valence-electron chi connectivity index (χ1n) is 10.7. The molecule has 1 saturated carbocycles. The van der Waals surface area contributed by atoms with E-state index in [1.165, 1.54) is 18.5 Å². The smallest absolute Gasteiger partial charge is 0.463 e. The zero-order chi connectivity index (χ0) is 23.4. The Morgan fingerprint density at radius 1 is 1.25 bits per heavy atom. The Morgan fingerprint density at radius 2 is 1.91 bits per heavy atom. The van der Waals surface area contributed by atoms with E-state index in [1.807, 2.05) is 4.90 Å². The Labute approximate surface area is 185 Å². The molecule has 1 aromatic rings. The average molecular weight is 474 g/mol. The van der Waals surface area contributed by atoms with Crippen molar-refractivity contribution in [3.8, 4) is 0 Å². The zero-order valence-corrected chi connectivity index (χ0v) is 18.6. The molecule has 2 aliphatic rings. The first kappa shape index (κ1) is 24.8. The summed E-state index contributed by atoms with van der Waals surface area (Å²) in [6.45, 7) is 1.44. The molecule has 178 valence electrons. The lowest BCUT2D eigenvalue weighted by Gasteiger charge is -2.37. The van der Waals surface area contributed by atoms with Crippen LogP contribution in [-0.2, 0) is 24.2 Å². The van der Waals surface area contributed by atoms with Gasteiger partial charge in [-0.05, 0) is 37.2 Å². The second-order valence-electron chi connectivity index (χ2n) is 8.51. The maximum Gasteiger partial charge on any atom is 0.471 e. The molecule has 1 aromatic carbocycles. The zero-order valence-electron chi connectivity index (χ0n) is 17.7. The van der Waals surface area contributed by atoms with Gasteiger partial charge in [0.2, 0.25) is 11.5 Å². The summed E-state index contributed by atoms with van der Waals surface area (Å²) in [6, 6.07) is 7.59. The second kappa shape index (κ2) is 9.95. The molecule has 1 heterocycles. The molecular formula is C21H29F2N2O6P. The Morgan fingerprint density at radius 3 is 2.44 bits per heavy atom. The van der Waals surface area contributed by atoms with Crippen LogP contribution in [-0.4, -0.2) is 52.6 Å². The van der Waals surface area contributed by atoms with Crippen molar-refractivity contribution >= 4 is 20.1 Å². The Kier molecular flexibility index (Phi) is 7.70. The molecule has 1 saturated heterocycles. The minimum atomic E-state index is -5.24. The van der Waals surface area contributed by atoms with Gasteiger partial charge in [-0.2, -0.15) is 0 Å². The van der Waals surface area contributed by atoms with E-state index in [-0.39, 0.29) is 24.5 Å². The minimum Gasteiger partial charge on any atom is -0.463 e. The van der Waals surface area contributed by atoms with Gasteiger partial charge in [0.05, 0.1) is 12.9 Å². The van der Waals surface area contributed by atoms with Crippen molar-refractivity contribution in [2.45, 2.75) is 50.0 Å². The molecule has 0 unspecified atom stereocenters. The van der Waals surface area contributed by atoms with E-state index in [1.54, 1.807) is 18.2 Å². The van der Waals surface area contributed by atoms with Crippen LogP contribution in [0.25, 0.3) is 0 Å². The number of esters is 1. The molecule has 0 radical (unpaired) electrons. The number of alkyl halides is 2. The van der Waals surface area contributed by atoms with Gasteiger partial charge in [-0.1, -0.05) is 30.3 Å².